The topological polar surface area (TPSA) is 64.1 Å². The van der Waals surface area contributed by atoms with E-state index in [1.165, 1.54) is 11.8 Å². The molecule has 0 aliphatic rings. The summed E-state index contributed by atoms with van der Waals surface area (Å²) < 4.78 is 5.52. The summed E-state index contributed by atoms with van der Waals surface area (Å²) in [4.78, 5) is 19.8. The Hall–Kier alpha value is -2.43. The van der Waals surface area contributed by atoms with E-state index in [1.54, 1.807) is 6.20 Å². The van der Waals surface area contributed by atoms with Crippen LogP contribution in [0.2, 0.25) is 0 Å². The van der Waals surface area contributed by atoms with Crippen LogP contribution >= 0.6 is 0 Å². The van der Waals surface area contributed by atoms with Gasteiger partial charge in [0.1, 0.15) is 18.1 Å². The molecular weight excluding hydrogens is 254 g/mol. The highest BCUT2D eigenvalue weighted by molar-refractivity contribution is 5.91. The van der Waals surface area contributed by atoms with Gasteiger partial charge in [0.15, 0.2) is 0 Å². The fourth-order valence-electron chi connectivity index (χ4n) is 1.57. The number of benzene rings is 1. The van der Waals surface area contributed by atoms with Crippen LogP contribution in [0.4, 0.5) is 0 Å². The number of ether oxygens (including phenoxy) is 1. The van der Waals surface area contributed by atoms with Gasteiger partial charge in [-0.05, 0) is 26.0 Å². The summed E-state index contributed by atoms with van der Waals surface area (Å²) in [6.07, 6.45) is 3.03. The third-order valence-electron chi connectivity index (χ3n) is 2.69. The van der Waals surface area contributed by atoms with E-state index >= 15 is 0 Å². The molecule has 0 spiro atoms. The first-order chi connectivity index (χ1) is 9.65. The largest absolute Gasteiger partial charge is 0.492 e. The average molecular weight is 271 g/mol. The summed E-state index contributed by atoms with van der Waals surface area (Å²) in [6.45, 7) is 4.67. The van der Waals surface area contributed by atoms with Crippen molar-refractivity contribution in [3.8, 4) is 5.75 Å². The van der Waals surface area contributed by atoms with Crippen LogP contribution in [-0.4, -0.2) is 29.0 Å². The molecule has 0 fully saturated rings. The summed E-state index contributed by atoms with van der Waals surface area (Å²) in [5.74, 6) is 0.546. The van der Waals surface area contributed by atoms with Crippen LogP contribution in [0.15, 0.2) is 36.7 Å². The maximum atomic E-state index is 11.7. The smallest absolute Gasteiger partial charge is 0.271 e. The van der Waals surface area contributed by atoms with E-state index in [0.29, 0.717) is 18.8 Å². The van der Waals surface area contributed by atoms with Gasteiger partial charge >= 0.3 is 0 Å². The van der Waals surface area contributed by atoms with Crippen molar-refractivity contribution in [1.82, 2.24) is 15.3 Å². The van der Waals surface area contributed by atoms with Gasteiger partial charge in [-0.25, -0.2) is 4.98 Å². The number of nitrogens with one attached hydrogen (secondary N) is 1. The van der Waals surface area contributed by atoms with Gasteiger partial charge in [-0.3, -0.25) is 9.78 Å². The molecule has 2 aromatic rings. The van der Waals surface area contributed by atoms with Gasteiger partial charge < -0.3 is 10.1 Å². The third kappa shape index (κ3) is 4.05. The molecule has 0 radical (unpaired) electrons. The lowest BCUT2D eigenvalue weighted by Gasteiger charge is -2.07. The summed E-state index contributed by atoms with van der Waals surface area (Å²) in [5.41, 5.74) is 2.28. The molecule has 0 saturated heterocycles. The number of hydrogen-bond acceptors (Lipinski definition) is 4. The van der Waals surface area contributed by atoms with Gasteiger partial charge in [0.2, 0.25) is 0 Å². The van der Waals surface area contributed by atoms with Crippen LogP contribution in [0, 0.1) is 13.8 Å². The zero-order valence-electron chi connectivity index (χ0n) is 11.6. The van der Waals surface area contributed by atoms with Crippen LogP contribution in [0.5, 0.6) is 5.75 Å². The quantitative estimate of drug-likeness (QED) is 0.844. The van der Waals surface area contributed by atoms with Gasteiger partial charge in [0.25, 0.3) is 5.91 Å². The lowest BCUT2D eigenvalue weighted by atomic mass is 10.2. The second-order valence-electron chi connectivity index (χ2n) is 4.46. The van der Waals surface area contributed by atoms with Gasteiger partial charge in [0, 0.05) is 6.20 Å². The van der Waals surface area contributed by atoms with Crippen molar-refractivity contribution in [1.29, 1.82) is 0 Å². The predicted molar refractivity (Wildman–Crippen MR) is 75.8 cm³/mol. The molecule has 5 heteroatoms. The molecule has 0 atom stereocenters. The van der Waals surface area contributed by atoms with Gasteiger partial charge in [-0.1, -0.05) is 17.7 Å². The summed E-state index contributed by atoms with van der Waals surface area (Å²) >= 11 is 0. The molecule has 1 N–H and O–H groups in total. The first-order valence-electron chi connectivity index (χ1n) is 6.41. The van der Waals surface area contributed by atoms with E-state index in [1.807, 2.05) is 38.1 Å². The monoisotopic (exact) mass is 271 g/mol. The van der Waals surface area contributed by atoms with Crippen molar-refractivity contribution in [2.45, 2.75) is 13.8 Å². The zero-order valence-corrected chi connectivity index (χ0v) is 11.6. The van der Waals surface area contributed by atoms with Crippen molar-refractivity contribution in [2.75, 3.05) is 13.2 Å². The SMILES string of the molecule is Cc1ccc(OCCNC(=O)c2cnc(C)cn2)cc1. The Morgan fingerprint density at radius 2 is 1.90 bits per heavy atom. The highest BCUT2D eigenvalue weighted by Crippen LogP contribution is 2.10. The lowest BCUT2D eigenvalue weighted by Crippen LogP contribution is -2.28. The molecule has 1 aromatic heterocycles. The molecule has 0 aliphatic heterocycles. The fraction of sp³-hybridized carbons (Fsp3) is 0.267. The molecule has 0 saturated carbocycles. The first-order valence-corrected chi connectivity index (χ1v) is 6.41. The van der Waals surface area contributed by atoms with Gasteiger partial charge in [0.05, 0.1) is 18.4 Å². The number of nitrogens with zero attached hydrogens (tertiary/aromatic N) is 2. The van der Waals surface area contributed by atoms with Crippen molar-refractivity contribution in [3.63, 3.8) is 0 Å². The Bertz CT molecular complexity index is 565. The molecule has 20 heavy (non-hydrogen) atoms. The summed E-state index contributed by atoms with van der Waals surface area (Å²) in [7, 11) is 0. The zero-order chi connectivity index (χ0) is 14.4. The second-order valence-corrected chi connectivity index (χ2v) is 4.46. The number of carbonyl (C=O) groups is 1. The minimum Gasteiger partial charge on any atom is -0.492 e. The highest BCUT2D eigenvalue weighted by atomic mass is 16.5. The van der Waals surface area contributed by atoms with Gasteiger partial charge in [-0.15, -0.1) is 0 Å². The minimum absolute atomic E-state index is 0.245. The molecule has 0 aliphatic carbocycles. The highest BCUT2D eigenvalue weighted by Gasteiger charge is 2.06. The predicted octanol–water partition coefficient (Wildman–Crippen LogP) is 1.90. The van der Waals surface area contributed by atoms with Crippen molar-refractivity contribution in [2.24, 2.45) is 0 Å². The molecule has 0 bridgehead atoms. The van der Waals surface area contributed by atoms with E-state index in [9.17, 15) is 4.79 Å². The normalized spacial score (nSPS) is 10.1. The molecule has 5 nitrogen and oxygen atoms in total. The van der Waals surface area contributed by atoms with Crippen molar-refractivity contribution < 1.29 is 9.53 Å². The van der Waals surface area contributed by atoms with Crippen LogP contribution in [0.1, 0.15) is 21.7 Å². The Morgan fingerprint density at radius 1 is 1.15 bits per heavy atom. The number of rotatable bonds is 5. The van der Waals surface area contributed by atoms with Crippen molar-refractivity contribution >= 4 is 5.91 Å². The van der Waals surface area contributed by atoms with E-state index < -0.39 is 0 Å². The number of carbonyl (C=O) groups excluding carboxylic acids is 1. The van der Waals surface area contributed by atoms with E-state index in [2.05, 4.69) is 15.3 Å². The lowest BCUT2D eigenvalue weighted by molar-refractivity contribution is 0.0941. The van der Waals surface area contributed by atoms with Crippen LogP contribution < -0.4 is 10.1 Å². The van der Waals surface area contributed by atoms with Crippen LogP contribution in [-0.2, 0) is 0 Å². The fourth-order valence-corrected chi connectivity index (χ4v) is 1.57. The number of amides is 1. The maximum absolute atomic E-state index is 11.7. The summed E-state index contributed by atoms with van der Waals surface area (Å²) in [5, 5.41) is 2.73. The van der Waals surface area contributed by atoms with Gasteiger partial charge in [-0.2, -0.15) is 0 Å². The van der Waals surface area contributed by atoms with E-state index in [4.69, 9.17) is 4.74 Å². The molecule has 1 heterocycles. The van der Waals surface area contributed by atoms with Crippen molar-refractivity contribution in [3.05, 3.63) is 53.6 Å². The van der Waals surface area contributed by atoms with E-state index in [-0.39, 0.29) is 5.91 Å². The Balaban J connectivity index is 1.74. The standard InChI is InChI=1S/C15H17N3O2/c1-11-3-5-13(6-4-11)20-8-7-16-15(19)14-10-17-12(2)9-18-14/h3-6,9-10H,7-8H2,1-2H3,(H,16,19). The average Bonchev–Trinajstić information content (AvgIpc) is 2.46. The molecule has 1 amide bonds. The Morgan fingerprint density at radius 3 is 2.55 bits per heavy atom. The molecule has 104 valence electrons. The van der Waals surface area contributed by atoms with Crippen LogP contribution in [0.3, 0.4) is 0 Å². The molecule has 1 aromatic carbocycles. The number of hydrogen-bond donors (Lipinski definition) is 1. The first kappa shape index (κ1) is 14.0. The molecule has 2 rings (SSSR count). The van der Waals surface area contributed by atoms with Crippen LogP contribution in [0.25, 0.3) is 0 Å². The third-order valence-corrected chi connectivity index (χ3v) is 2.69. The number of aromatic nitrogens is 2. The number of aryl methyl sites for hydroxylation is 2. The molecular formula is C15H17N3O2. The Kier molecular flexibility index (Phi) is 4.65. The van der Waals surface area contributed by atoms with E-state index in [0.717, 1.165) is 11.4 Å². The Labute approximate surface area is 118 Å². The maximum Gasteiger partial charge on any atom is 0.271 e. The second kappa shape index (κ2) is 6.65. The summed E-state index contributed by atoms with van der Waals surface area (Å²) in [6, 6.07) is 7.77. The minimum atomic E-state index is -0.245. The molecule has 0 unspecified atom stereocenters.